The summed E-state index contributed by atoms with van der Waals surface area (Å²) in [5.41, 5.74) is 2.56. The van der Waals surface area contributed by atoms with E-state index in [1.807, 2.05) is 0 Å². The van der Waals surface area contributed by atoms with Gasteiger partial charge in [-0.25, -0.2) is 0 Å². The van der Waals surface area contributed by atoms with Gasteiger partial charge in [-0.15, -0.1) is 11.8 Å². The van der Waals surface area contributed by atoms with Crippen molar-refractivity contribution < 1.29 is 5.11 Å². The van der Waals surface area contributed by atoms with Crippen molar-refractivity contribution in [2.24, 2.45) is 0 Å². The van der Waals surface area contributed by atoms with Crippen molar-refractivity contribution in [3.05, 3.63) is 29.3 Å². The van der Waals surface area contributed by atoms with Gasteiger partial charge in [0.1, 0.15) is 0 Å². The van der Waals surface area contributed by atoms with Crippen molar-refractivity contribution in [2.75, 3.05) is 18.8 Å². The standard InChI is InChI=1S/C14H23NOS/c1-4-7-15-9-13(16)10-17-14-8-11(2)5-6-12(14)3/h5-6,8,13,15-16H,4,7,9-10H2,1-3H3. The molecule has 3 heteroatoms. The first-order valence-electron chi connectivity index (χ1n) is 6.22. The lowest BCUT2D eigenvalue weighted by Gasteiger charge is -2.12. The highest BCUT2D eigenvalue weighted by Crippen LogP contribution is 2.23. The average molecular weight is 253 g/mol. The normalized spacial score (nSPS) is 12.7. The first-order chi connectivity index (χ1) is 8.13. The van der Waals surface area contributed by atoms with Gasteiger partial charge in [0, 0.05) is 17.2 Å². The van der Waals surface area contributed by atoms with Crippen molar-refractivity contribution >= 4 is 11.8 Å². The number of hydrogen-bond donors (Lipinski definition) is 2. The van der Waals surface area contributed by atoms with Gasteiger partial charge >= 0.3 is 0 Å². The van der Waals surface area contributed by atoms with Crippen LogP contribution in [-0.2, 0) is 0 Å². The number of hydrogen-bond acceptors (Lipinski definition) is 3. The third kappa shape index (κ3) is 5.57. The Morgan fingerprint density at radius 2 is 2.12 bits per heavy atom. The minimum Gasteiger partial charge on any atom is -0.391 e. The number of rotatable bonds is 7. The van der Waals surface area contributed by atoms with E-state index in [2.05, 4.69) is 44.3 Å². The number of aliphatic hydroxyl groups is 1. The molecule has 96 valence electrons. The van der Waals surface area contributed by atoms with Crippen LogP contribution in [0.1, 0.15) is 24.5 Å². The van der Waals surface area contributed by atoms with Crippen molar-refractivity contribution in [2.45, 2.75) is 38.2 Å². The molecule has 0 radical (unpaired) electrons. The van der Waals surface area contributed by atoms with Gasteiger partial charge < -0.3 is 10.4 Å². The van der Waals surface area contributed by atoms with Gasteiger partial charge in [0.2, 0.25) is 0 Å². The Hall–Kier alpha value is -0.510. The van der Waals surface area contributed by atoms with Gasteiger partial charge in [-0.3, -0.25) is 0 Å². The van der Waals surface area contributed by atoms with Crippen LogP contribution in [0.3, 0.4) is 0 Å². The third-order valence-corrected chi connectivity index (χ3v) is 3.88. The Kier molecular flexibility index (Phi) is 6.63. The summed E-state index contributed by atoms with van der Waals surface area (Å²) in [6.07, 6.45) is 0.836. The molecular weight excluding hydrogens is 230 g/mol. The molecule has 17 heavy (non-hydrogen) atoms. The molecule has 0 aromatic heterocycles. The molecule has 1 aromatic rings. The molecule has 1 atom stereocenters. The van der Waals surface area contributed by atoms with E-state index in [9.17, 15) is 5.11 Å². The molecule has 0 bridgehead atoms. The van der Waals surface area contributed by atoms with Crippen molar-refractivity contribution in [3.63, 3.8) is 0 Å². The van der Waals surface area contributed by atoms with E-state index < -0.39 is 0 Å². The predicted molar refractivity (Wildman–Crippen MR) is 75.8 cm³/mol. The number of nitrogens with one attached hydrogen (secondary N) is 1. The molecular formula is C14H23NOS. The summed E-state index contributed by atoms with van der Waals surface area (Å²) in [4.78, 5) is 1.28. The third-order valence-electron chi connectivity index (χ3n) is 2.58. The highest BCUT2D eigenvalue weighted by molar-refractivity contribution is 7.99. The summed E-state index contributed by atoms with van der Waals surface area (Å²) in [5, 5.41) is 13.0. The lowest BCUT2D eigenvalue weighted by Crippen LogP contribution is -2.28. The van der Waals surface area contributed by atoms with E-state index in [1.165, 1.54) is 16.0 Å². The lowest BCUT2D eigenvalue weighted by atomic mass is 10.2. The largest absolute Gasteiger partial charge is 0.391 e. The molecule has 1 aromatic carbocycles. The van der Waals surface area contributed by atoms with Gasteiger partial charge in [-0.2, -0.15) is 0 Å². The summed E-state index contributed by atoms with van der Waals surface area (Å²) in [7, 11) is 0. The summed E-state index contributed by atoms with van der Waals surface area (Å²) in [5.74, 6) is 0.751. The Balaban J connectivity index is 2.36. The zero-order chi connectivity index (χ0) is 12.7. The van der Waals surface area contributed by atoms with E-state index >= 15 is 0 Å². The number of aryl methyl sites for hydroxylation is 2. The summed E-state index contributed by atoms with van der Waals surface area (Å²) < 4.78 is 0. The molecule has 2 nitrogen and oxygen atoms in total. The molecule has 0 aliphatic rings. The van der Waals surface area contributed by atoms with Crippen LogP contribution >= 0.6 is 11.8 Å². The van der Waals surface area contributed by atoms with Crippen LogP contribution in [0, 0.1) is 13.8 Å². The van der Waals surface area contributed by atoms with Crippen LogP contribution < -0.4 is 5.32 Å². The number of benzene rings is 1. The second kappa shape index (κ2) is 7.75. The first kappa shape index (κ1) is 14.6. The van der Waals surface area contributed by atoms with Crippen LogP contribution in [0.25, 0.3) is 0 Å². The topological polar surface area (TPSA) is 32.3 Å². The SMILES string of the molecule is CCCNCC(O)CSc1cc(C)ccc1C. The van der Waals surface area contributed by atoms with Gasteiger partial charge in [0.25, 0.3) is 0 Å². The molecule has 0 heterocycles. The Morgan fingerprint density at radius 3 is 2.82 bits per heavy atom. The summed E-state index contributed by atoms with van der Waals surface area (Å²) >= 11 is 1.74. The lowest BCUT2D eigenvalue weighted by molar-refractivity contribution is 0.196. The molecule has 0 aliphatic heterocycles. The van der Waals surface area contributed by atoms with Crippen molar-refractivity contribution in [1.29, 1.82) is 0 Å². The molecule has 1 unspecified atom stereocenters. The van der Waals surface area contributed by atoms with Gasteiger partial charge in [0.15, 0.2) is 0 Å². The first-order valence-corrected chi connectivity index (χ1v) is 7.21. The molecule has 0 saturated heterocycles. The molecule has 0 fully saturated rings. The van der Waals surface area contributed by atoms with Gasteiger partial charge in [0.05, 0.1) is 6.10 Å². The molecule has 0 saturated carbocycles. The highest BCUT2D eigenvalue weighted by atomic mass is 32.2. The average Bonchev–Trinajstić information content (AvgIpc) is 2.31. The Bertz CT molecular complexity index is 341. The van der Waals surface area contributed by atoms with Crippen LogP contribution in [0.15, 0.2) is 23.1 Å². The predicted octanol–water partition coefficient (Wildman–Crippen LogP) is 2.76. The smallest absolute Gasteiger partial charge is 0.0758 e. The van der Waals surface area contributed by atoms with Crippen molar-refractivity contribution in [1.82, 2.24) is 5.32 Å². The zero-order valence-corrected chi connectivity index (χ0v) is 11.8. The number of aliphatic hydroxyl groups excluding tert-OH is 1. The summed E-state index contributed by atoms with van der Waals surface area (Å²) in [6, 6.07) is 6.45. The molecule has 1 rings (SSSR count). The second-order valence-corrected chi connectivity index (χ2v) is 5.50. The molecule has 0 amide bonds. The summed E-state index contributed by atoms with van der Waals surface area (Å²) in [6.45, 7) is 8.01. The number of thioether (sulfide) groups is 1. The van der Waals surface area contributed by atoms with Gasteiger partial charge in [-0.1, -0.05) is 24.6 Å². The van der Waals surface area contributed by atoms with E-state index in [0.717, 1.165) is 18.7 Å². The van der Waals surface area contributed by atoms with Crippen LogP contribution in [-0.4, -0.2) is 30.1 Å². The minimum absolute atomic E-state index is 0.272. The van der Waals surface area contributed by atoms with E-state index in [-0.39, 0.29) is 6.10 Å². The van der Waals surface area contributed by atoms with Gasteiger partial charge in [-0.05, 0) is 38.4 Å². The molecule has 0 aliphatic carbocycles. The van der Waals surface area contributed by atoms with E-state index in [1.54, 1.807) is 11.8 Å². The molecule has 2 N–H and O–H groups in total. The highest BCUT2D eigenvalue weighted by Gasteiger charge is 2.06. The zero-order valence-electron chi connectivity index (χ0n) is 11.0. The van der Waals surface area contributed by atoms with Crippen LogP contribution in [0.4, 0.5) is 0 Å². The quantitative estimate of drug-likeness (QED) is 0.579. The fourth-order valence-corrected chi connectivity index (χ4v) is 2.61. The maximum Gasteiger partial charge on any atom is 0.0758 e. The van der Waals surface area contributed by atoms with Crippen molar-refractivity contribution in [3.8, 4) is 0 Å². The minimum atomic E-state index is -0.272. The Morgan fingerprint density at radius 1 is 1.35 bits per heavy atom. The fraction of sp³-hybridized carbons (Fsp3) is 0.571. The molecule has 0 spiro atoms. The van der Waals surface area contributed by atoms with E-state index in [0.29, 0.717) is 6.54 Å². The van der Waals surface area contributed by atoms with Crippen LogP contribution in [0.2, 0.25) is 0 Å². The maximum absolute atomic E-state index is 9.81. The monoisotopic (exact) mass is 253 g/mol. The van der Waals surface area contributed by atoms with E-state index in [4.69, 9.17) is 0 Å². The Labute approximate surface area is 109 Å². The van der Waals surface area contributed by atoms with Crippen LogP contribution in [0.5, 0.6) is 0 Å². The second-order valence-electron chi connectivity index (χ2n) is 4.44. The fourth-order valence-electron chi connectivity index (χ4n) is 1.55. The maximum atomic E-state index is 9.81.